The van der Waals surface area contributed by atoms with Gasteiger partial charge in [-0.15, -0.1) is 0 Å². The van der Waals surface area contributed by atoms with Gasteiger partial charge < -0.3 is 23.9 Å². The van der Waals surface area contributed by atoms with Crippen molar-refractivity contribution < 1.29 is 23.8 Å². The summed E-state index contributed by atoms with van der Waals surface area (Å²) in [5, 5.41) is 9.78. The average molecular weight is 386 g/mol. The van der Waals surface area contributed by atoms with Crippen LogP contribution in [0.1, 0.15) is 10.6 Å². The fourth-order valence-electron chi connectivity index (χ4n) is 3.88. The number of ether oxygens (including phenoxy) is 2. The van der Waals surface area contributed by atoms with Gasteiger partial charge in [0.15, 0.2) is 5.76 Å². The number of aliphatic hydroxyl groups is 1. The van der Waals surface area contributed by atoms with Crippen LogP contribution in [0.5, 0.6) is 11.7 Å². The van der Waals surface area contributed by atoms with Crippen LogP contribution in [0.3, 0.4) is 0 Å². The van der Waals surface area contributed by atoms with Gasteiger partial charge in [-0.05, 0) is 24.1 Å². The van der Waals surface area contributed by atoms with E-state index < -0.39 is 0 Å². The zero-order chi connectivity index (χ0) is 19.3. The summed E-state index contributed by atoms with van der Waals surface area (Å²) in [5.74, 6) is 1.38. The predicted octanol–water partition coefficient (Wildman–Crippen LogP) is 2.08. The van der Waals surface area contributed by atoms with Crippen LogP contribution in [0, 0.1) is 11.8 Å². The summed E-state index contributed by atoms with van der Waals surface area (Å²) in [6.07, 6.45) is 0. The zero-order valence-corrected chi connectivity index (χ0v) is 15.8. The highest BCUT2D eigenvalue weighted by Crippen LogP contribution is 2.28. The molecule has 0 bridgehead atoms. The molecule has 2 aromatic rings. The van der Waals surface area contributed by atoms with E-state index in [4.69, 9.17) is 13.9 Å². The number of aliphatic hydroxyl groups excluding tert-OH is 1. The molecule has 3 heterocycles. The Morgan fingerprint density at radius 1 is 1.07 bits per heavy atom. The van der Waals surface area contributed by atoms with E-state index >= 15 is 0 Å². The van der Waals surface area contributed by atoms with Crippen molar-refractivity contribution in [3.63, 3.8) is 0 Å². The lowest BCUT2D eigenvalue weighted by Crippen LogP contribution is -2.41. The van der Waals surface area contributed by atoms with Crippen molar-refractivity contribution in [2.45, 2.75) is 0 Å². The Balaban J connectivity index is 1.37. The molecular weight excluding hydrogens is 360 g/mol. The minimum absolute atomic E-state index is 0.0826. The van der Waals surface area contributed by atoms with Gasteiger partial charge in [0, 0.05) is 51.3 Å². The molecule has 7 heteroatoms. The molecule has 2 aliphatic heterocycles. The van der Waals surface area contributed by atoms with E-state index in [1.54, 1.807) is 17.0 Å². The highest BCUT2D eigenvalue weighted by atomic mass is 16.6. The maximum absolute atomic E-state index is 12.9. The molecule has 0 spiro atoms. The van der Waals surface area contributed by atoms with E-state index in [1.807, 2.05) is 30.3 Å². The van der Waals surface area contributed by atoms with Gasteiger partial charge in [0.05, 0.1) is 13.2 Å². The standard InChI is InChI=1S/C21H26N2O5/c24-15-17-14-23(13-16(17)12-22-8-10-26-11-9-22)21(25)19-6-7-20(28-19)27-18-4-2-1-3-5-18/h1-7,16-17,24H,8-15H2/t16-,17-/m1/s1. The molecule has 150 valence electrons. The Kier molecular flexibility index (Phi) is 5.95. The molecule has 1 amide bonds. The molecule has 2 saturated heterocycles. The largest absolute Gasteiger partial charge is 0.426 e. The lowest BCUT2D eigenvalue weighted by Gasteiger charge is -2.30. The van der Waals surface area contributed by atoms with E-state index in [2.05, 4.69) is 4.90 Å². The quantitative estimate of drug-likeness (QED) is 0.819. The Morgan fingerprint density at radius 2 is 1.82 bits per heavy atom. The topological polar surface area (TPSA) is 75.4 Å². The van der Waals surface area contributed by atoms with Gasteiger partial charge in [-0.2, -0.15) is 0 Å². The van der Waals surface area contributed by atoms with E-state index in [-0.39, 0.29) is 36.1 Å². The number of para-hydroxylation sites is 1. The van der Waals surface area contributed by atoms with Gasteiger partial charge in [-0.3, -0.25) is 9.69 Å². The highest BCUT2D eigenvalue weighted by molar-refractivity contribution is 5.91. The molecule has 7 nitrogen and oxygen atoms in total. The van der Waals surface area contributed by atoms with Crippen LogP contribution in [0.25, 0.3) is 0 Å². The van der Waals surface area contributed by atoms with Crippen molar-refractivity contribution >= 4 is 5.91 Å². The second kappa shape index (κ2) is 8.77. The van der Waals surface area contributed by atoms with Crippen molar-refractivity contribution in [1.29, 1.82) is 0 Å². The minimum Gasteiger partial charge on any atom is -0.426 e. The lowest BCUT2D eigenvalue weighted by atomic mass is 9.96. The second-order valence-electron chi connectivity index (χ2n) is 7.36. The first-order valence-electron chi connectivity index (χ1n) is 9.76. The second-order valence-corrected chi connectivity index (χ2v) is 7.36. The zero-order valence-electron chi connectivity index (χ0n) is 15.8. The van der Waals surface area contributed by atoms with E-state index in [0.717, 1.165) is 32.8 Å². The molecule has 28 heavy (non-hydrogen) atoms. The van der Waals surface area contributed by atoms with E-state index in [1.165, 1.54) is 0 Å². The third kappa shape index (κ3) is 4.38. The first kappa shape index (κ1) is 19.0. The Morgan fingerprint density at radius 3 is 2.57 bits per heavy atom. The molecule has 0 unspecified atom stereocenters. The van der Waals surface area contributed by atoms with Crippen LogP contribution < -0.4 is 4.74 Å². The number of hydrogen-bond acceptors (Lipinski definition) is 6. The highest BCUT2D eigenvalue weighted by Gasteiger charge is 2.37. The van der Waals surface area contributed by atoms with Crippen molar-refractivity contribution in [2.24, 2.45) is 11.8 Å². The predicted molar refractivity (Wildman–Crippen MR) is 102 cm³/mol. The van der Waals surface area contributed by atoms with Gasteiger partial charge in [0.1, 0.15) is 5.75 Å². The van der Waals surface area contributed by atoms with Gasteiger partial charge >= 0.3 is 0 Å². The molecule has 1 N–H and O–H groups in total. The summed E-state index contributed by atoms with van der Waals surface area (Å²) in [6.45, 7) is 5.42. The van der Waals surface area contributed by atoms with Crippen LogP contribution in [0.2, 0.25) is 0 Å². The van der Waals surface area contributed by atoms with Crippen LogP contribution in [-0.4, -0.2) is 73.4 Å². The molecule has 4 rings (SSSR count). The molecule has 0 aliphatic carbocycles. The van der Waals surface area contributed by atoms with Crippen molar-refractivity contribution in [1.82, 2.24) is 9.80 Å². The van der Waals surface area contributed by atoms with E-state index in [0.29, 0.717) is 18.8 Å². The third-order valence-electron chi connectivity index (χ3n) is 5.45. The number of hydrogen-bond donors (Lipinski definition) is 1. The van der Waals surface area contributed by atoms with Gasteiger partial charge in [-0.25, -0.2) is 0 Å². The third-order valence-corrected chi connectivity index (χ3v) is 5.45. The lowest BCUT2D eigenvalue weighted by molar-refractivity contribution is 0.0264. The first-order valence-corrected chi connectivity index (χ1v) is 9.76. The van der Waals surface area contributed by atoms with Gasteiger partial charge in [0.2, 0.25) is 0 Å². The van der Waals surface area contributed by atoms with E-state index in [9.17, 15) is 9.90 Å². The molecule has 0 saturated carbocycles. The summed E-state index contributed by atoms with van der Waals surface area (Å²) in [5.41, 5.74) is 0. The fraction of sp³-hybridized carbons (Fsp3) is 0.476. The maximum atomic E-state index is 12.9. The number of amides is 1. The molecule has 2 fully saturated rings. The van der Waals surface area contributed by atoms with Crippen molar-refractivity contribution in [3.05, 3.63) is 48.2 Å². The van der Waals surface area contributed by atoms with Crippen LogP contribution in [-0.2, 0) is 4.74 Å². The minimum atomic E-state index is -0.161. The van der Waals surface area contributed by atoms with Gasteiger partial charge in [-0.1, -0.05) is 18.2 Å². The Bertz CT molecular complexity index is 772. The number of morpholine rings is 1. The maximum Gasteiger partial charge on any atom is 0.290 e. The summed E-state index contributed by atoms with van der Waals surface area (Å²) in [6, 6.07) is 12.6. The normalized spacial score (nSPS) is 23.1. The molecule has 1 aromatic heterocycles. The summed E-state index contributed by atoms with van der Waals surface area (Å²) < 4.78 is 16.7. The summed E-state index contributed by atoms with van der Waals surface area (Å²) >= 11 is 0. The SMILES string of the molecule is O=C(c1ccc(Oc2ccccc2)o1)N1C[C@@H](CN2CCOCC2)[C@@H](CO)C1. The fourth-order valence-corrected chi connectivity index (χ4v) is 3.88. The molecule has 2 atom stereocenters. The molecule has 0 radical (unpaired) electrons. The Labute approximate surface area is 164 Å². The van der Waals surface area contributed by atoms with Crippen LogP contribution in [0.4, 0.5) is 0 Å². The smallest absolute Gasteiger partial charge is 0.290 e. The monoisotopic (exact) mass is 386 g/mol. The number of carbonyl (C=O) groups excluding carboxylic acids is 1. The number of benzene rings is 1. The molecule has 1 aromatic carbocycles. The number of rotatable bonds is 6. The number of nitrogens with zero attached hydrogens (tertiary/aromatic N) is 2. The molecule has 2 aliphatic rings. The number of furan rings is 1. The van der Waals surface area contributed by atoms with Crippen molar-refractivity contribution in [3.8, 4) is 11.7 Å². The van der Waals surface area contributed by atoms with Crippen LogP contribution >= 0.6 is 0 Å². The van der Waals surface area contributed by atoms with Crippen LogP contribution in [0.15, 0.2) is 46.9 Å². The first-order chi connectivity index (χ1) is 13.7. The van der Waals surface area contributed by atoms with Crippen molar-refractivity contribution in [2.75, 3.05) is 52.5 Å². The van der Waals surface area contributed by atoms with Gasteiger partial charge in [0.25, 0.3) is 11.9 Å². The Hall–Kier alpha value is -2.35. The summed E-state index contributed by atoms with van der Waals surface area (Å²) in [7, 11) is 0. The average Bonchev–Trinajstić information content (AvgIpc) is 3.36. The number of likely N-dealkylation sites (tertiary alicyclic amines) is 1. The number of carbonyl (C=O) groups is 1. The molecular formula is C21H26N2O5. The summed E-state index contributed by atoms with van der Waals surface area (Å²) in [4.78, 5) is 17.0.